The molecule has 114 valence electrons. The molecular formula is C19H32O. The molecule has 1 spiro atoms. The smallest absolute Gasteiger partial charge is 0.0462 e. The summed E-state index contributed by atoms with van der Waals surface area (Å²) in [5.74, 6) is 4.43. The van der Waals surface area contributed by atoms with E-state index in [0.29, 0.717) is 23.4 Å². The van der Waals surface area contributed by atoms with Gasteiger partial charge in [-0.3, -0.25) is 0 Å². The molecule has 0 amide bonds. The molecule has 0 aromatic rings. The molecule has 0 radical (unpaired) electrons. The molecule has 0 heterocycles. The first-order chi connectivity index (χ1) is 9.59. The second kappa shape index (κ2) is 4.48. The summed E-state index contributed by atoms with van der Waals surface area (Å²) < 4.78 is 0. The van der Waals surface area contributed by atoms with Crippen molar-refractivity contribution >= 4 is 0 Å². The Morgan fingerprint density at radius 2 is 1.90 bits per heavy atom. The van der Waals surface area contributed by atoms with Crippen molar-refractivity contribution in [3.63, 3.8) is 0 Å². The Morgan fingerprint density at radius 1 is 1.05 bits per heavy atom. The number of fused-ring (bicyclic) bond motifs is 3. The minimum atomic E-state index is 0.454. The van der Waals surface area contributed by atoms with Gasteiger partial charge in [-0.05, 0) is 85.4 Å². The van der Waals surface area contributed by atoms with Crippen LogP contribution in [0.3, 0.4) is 0 Å². The molecule has 1 nitrogen and oxygen atoms in total. The van der Waals surface area contributed by atoms with Crippen molar-refractivity contribution < 1.29 is 5.11 Å². The summed E-state index contributed by atoms with van der Waals surface area (Å²) in [7, 11) is 0. The summed E-state index contributed by atoms with van der Waals surface area (Å²) in [5, 5.41) is 9.74. The fourth-order valence-electron chi connectivity index (χ4n) is 7.72. The van der Waals surface area contributed by atoms with Gasteiger partial charge in [0.05, 0.1) is 0 Å². The normalized spacial score (nSPS) is 58.0. The monoisotopic (exact) mass is 276 g/mol. The van der Waals surface area contributed by atoms with Crippen molar-refractivity contribution in [2.45, 2.75) is 71.6 Å². The molecule has 1 heteroatoms. The van der Waals surface area contributed by atoms with Gasteiger partial charge >= 0.3 is 0 Å². The Morgan fingerprint density at radius 3 is 2.70 bits per heavy atom. The highest BCUT2D eigenvalue weighted by Crippen LogP contribution is 2.70. The first kappa shape index (κ1) is 13.6. The Balaban J connectivity index is 1.68. The fraction of sp³-hybridized carbons (Fsp3) is 1.00. The molecule has 1 N–H and O–H groups in total. The molecule has 4 rings (SSSR count). The van der Waals surface area contributed by atoms with Crippen molar-refractivity contribution in [1.29, 1.82) is 0 Å². The highest BCUT2D eigenvalue weighted by atomic mass is 16.3. The maximum atomic E-state index is 9.74. The zero-order chi connectivity index (χ0) is 14.0. The van der Waals surface area contributed by atoms with Gasteiger partial charge in [-0.15, -0.1) is 0 Å². The summed E-state index contributed by atoms with van der Waals surface area (Å²) in [6, 6.07) is 0. The lowest BCUT2D eigenvalue weighted by Crippen LogP contribution is -2.53. The van der Waals surface area contributed by atoms with E-state index in [1.165, 1.54) is 57.8 Å². The number of rotatable bonds is 1. The summed E-state index contributed by atoms with van der Waals surface area (Å²) >= 11 is 0. The number of aliphatic hydroxyl groups excluding tert-OH is 1. The van der Waals surface area contributed by atoms with Gasteiger partial charge in [-0.25, -0.2) is 0 Å². The van der Waals surface area contributed by atoms with Crippen molar-refractivity contribution in [2.24, 2.45) is 40.4 Å². The van der Waals surface area contributed by atoms with Crippen molar-refractivity contribution in [3.05, 3.63) is 0 Å². The molecule has 4 saturated carbocycles. The van der Waals surface area contributed by atoms with Crippen LogP contribution in [0, 0.1) is 40.4 Å². The van der Waals surface area contributed by atoms with Gasteiger partial charge < -0.3 is 5.11 Å². The van der Waals surface area contributed by atoms with E-state index < -0.39 is 0 Å². The van der Waals surface area contributed by atoms with Gasteiger partial charge in [0.1, 0.15) is 0 Å². The lowest BCUT2D eigenvalue weighted by atomic mass is 9.43. The molecule has 0 aromatic carbocycles. The van der Waals surface area contributed by atoms with Gasteiger partial charge in [-0.1, -0.05) is 26.7 Å². The Bertz CT molecular complexity index is 391. The maximum Gasteiger partial charge on any atom is 0.0462 e. The lowest BCUT2D eigenvalue weighted by molar-refractivity contribution is -0.120. The standard InChI is InChI=1S/C19H32O/c1-13-4-3-8-18(2)16(13)7-9-19-10-14(5-6-17(18)19)15(11-19)12-20/h13-17,20H,3-12H2,1-2H3/t13-,14?,15?,16+,17-,18+,19?/m0/s1. The van der Waals surface area contributed by atoms with E-state index in [9.17, 15) is 5.11 Å². The molecule has 4 aliphatic rings. The van der Waals surface area contributed by atoms with Crippen LogP contribution in [-0.4, -0.2) is 11.7 Å². The summed E-state index contributed by atoms with van der Waals surface area (Å²) in [5.41, 5.74) is 1.27. The average molecular weight is 276 g/mol. The van der Waals surface area contributed by atoms with E-state index in [4.69, 9.17) is 0 Å². The summed E-state index contributed by atoms with van der Waals surface area (Å²) in [6.45, 7) is 5.64. The molecule has 7 atom stereocenters. The molecule has 4 fully saturated rings. The Labute approximate surface area is 124 Å². The predicted octanol–water partition coefficient (Wildman–Crippen LogP) is 4.64. The second-order valence-electron chi connectivity index (χ2n) is 9.12. The van der Waals surface area contributed by atoms with Crippen LogP contribution in [0.5, 0.6) is 0 Å². The molecule has 0 aromatic heterocycles. The van der Waals surface area contributed by atoms with Gasteiger partial charge in [0.15, 0.2) is 0 Å². The van der Waals surface area contributed by atoms with Crippen LogP contribution >= 0.6 is 0 Å². The van der Waals surface area contributed by atoms with Crippen LogP contribution in [0.1, 0.15) is 71.6 Å². The first-order valence-corrected chi connectivity index (χ1v) is 9.20. The van der Waals surface area contributed by atoms with E-state index in [0.717, 1.165) is 23.7 Å². The minimum Gasteiger partial charge on any atom is -0.396 e. The Hall–Kier alpha value is -0.0400. The largest absolute Gasteiger partial charge is 0.396 e. The number of hydrogen-bond acceptors (Lipinski definition) is 1. The molecule has 20 heavy (non-hydrogen) atoms. The van der Waals surface area contributed by atoms with Crippen molar-refractivity contribution in [1.82, 2.24) is 0 Å². The van der Waals surface area contributed by atoms with E-state index >= 15 is 0 Å². The number of hydrogen-bond donors (Lipinski definition) is 1. The van der Waals surface area contributed by atoms with E-state index in [-0.39, 0.29) is 0 Å². The zero-order valence-electron chi connectivity index (χ0n) is 13.4. The predicted molar refractivity (Wildman–Crippen MR) is 82.3 cm³/mol. The minimum absolute atomic E-state index is 0.454. The van der Waals surface area contributed by atoms with Gasteiger partial charge in [0.25, 0.3) is 0 Å². The third-order valence-corrected chi connectivity index (χ3v) is 8.46. The summed E-state index contributed by atoms with van der Waals surface area (Å²) in [6.07, 6.45) is 13.1. The third kappa shape index (κ3) is 1.65. The van der Waals surface area contributed by atoms with Crippen molar-refractivity contribution in [3.8, 4) is 0 Å². The summed E-state index contributed by atoms with van der Waals surface area (Å²) in [4.78, 5) is 0. The second-order valence-corrected chi connectivity index (χ2v) is 9.12. The first-order valence-electron chi connectivity index (χ1n) is 9.20. The van der Waals surface area contributed by atoms with Gasteiger partial charge in [-0.2, -0.15) is 0 Å². The molecule has 2 bridgehead atoms. The van der Waals surface area contributed by atoms with E-state index in [1.807, 2.05) is 0 Å². The molecule has 0 saturated heterocycles. The highest BCUT2D eigenvalue weighted by Gasteiger charge is 2.62. The molecule has 4 aliphatic carbocycles. The molecular weight excluding hydrogens is 244 g/mol. The SMILES string of the molecule is C[C@H]1CCC[C@]2(C)[C@@H]1CCC13CC(CO)C(CC[C@H]12)C3. The van der Waals surface area contributed by atoms with Crippen LogP contribution in [0.2, 0.25) is 0 Å². The zero-order valence-corrected chi connectivity index (χ0v) is 13.4. The van der Waals surface area contributed by atoms with Crippen LogP contribution in [0.25, 0.3) is 0 Å². The topological polar surface area (TPSA) is 20.2 Å². The van der Waals surface area contributed by atoms with Crippen LogP contribution in [-0.2, 0) is 0 Å². The lowest BCUT2D eigenvalue weighted by Gasteiger charge is -2.61. The van der Waals surface area contributed by atoms with E-state index in [1.54, 1.807) is 0 Å². The fourth-order valence-corrected chi connectivity index (χ4v) is 7.72. The quantitative estimate of drug-likeness (QED) is 0.740. The highest BCUT2D eigenvalue weighted by molar-refractivity contribution is 5.11. The van der Waals surface area contributed by atoms with Crippen LogP contribution in [0.15, 0.2) is 0 Å². The number of aliphatic hydroxyl groups is 1. The Kier molecular flexibility index (Phi) is 3.05. The van der Waals surface area contributed by atoms with Crippen LogP contribution in [0.4, 0.5) is 0 Å². The van der Waals surface area contributed by atoms with E-state index in [2.05, 4.69) is 13.8 Å². The maximum absolute atomic E-state index is 9.74. The molecule has 0 aliphatic heterocycles. The van der Waals surface area contributed by atoms with Gasteiger partial charge in [0.2, 0.25) is 0 Å². The van der Waals surface area contributed by atoms with Crippen molar-refractivity contribution in [2.75, 3.05) is 6.61 Å². The van der Waals surface area contributed by atoms with Gasteiger partial charge in [0, 0.05) is 6.61 Å². The third-order valence-electron chi connectivity index (χ3n) is 8.46. The molecule has 3 unspecified atom stereocenters. The van der Waals surface area contributed by atoms with Crippen LogP contribution < -0.4 is 0 Å². The average Bonchev–Trinajstić information content (AvgIpc) is 2.69.